The predicted octanol–water partition coefficient (Wildman–Crippen LogP) is -4.88. The largest absolute Gasteiger partial charge is 1.00 e. The van der Waals surface area contributed by atoms with Crippen LogP contribution in [0.25, 0.3) is 0 Å². The molecule has 0 radical (unpaired) electrons. The fraction of sp³-hybridized carbons (Fsp3) is 0.667. The first kappa shape index (κ1) is 10.4. The molecular formula is C3H5NaO3. The number of aliphatic carboxylic acids is 1. The Balaban J connectivity index is 0. The fourth-order valence-corrected chi connectivity index (χ4v) is 0. The summed E-state index contributed by atoms with van der Waals surface area (Å²) < 4.78 is 0. The Morgan fingerprint density at radius 3 is 2.00 bits per heavy atom. The van der Waals surface area contributed by atoms with Gasteiger partial charge in [0.05, 0.1) is 12.1 Å². The minimum Gasteiger partial charge on any atom is -0.547 e. The van der Waals surface area contributed by atoms with E-state index in [1.54, 1.807) is 0 Å². The maximum atomic E-state index is 9.34. The van der Waals surface area contributed by atoms with E-state index >= 15 is 0 Å². The number of carboxylic acid groups (broad SMARTS) is 1. The molecule has 0 saturated carbocycles. The van der Waals surface area contributed by atoms with Crippen LogP contribution in [0.1, 0.15) is 6.92 Å². The summed E-state index contributed by atoms with van der Waals surface area (Å²) in [5.74, 6) is -1.44. The molecule has 0 aliphatic carbocycles. The van der Waals surface area contributed by atoms with Crippen LogP contribution in [0.2, 0.25) is 0 Å². The fourth-order valence-electron chi connectivity index (χ4n) is 0. The molecule has 0 spiro atoms. The molecule has 0 unspecified atom stereocenters. The Morgan fingerprint density at radius 1 is 1.86 bits per heavy atom. The van der Waals surface area contributed by atoms with Crippen LogP contribution in [0.5, 0.6) is 0 Å². The Morgan fingerprint density at radius 2 is 2.00 bits per heavy atom. The van der Waals surface area contributed by atoms with E-state index in [0.717, 1.165) is 6.92 Å². The van der Waals surface area contributed by atoms with Crippen LogP contribution in [0.4, 0.5) is 0 Å². The first-order chi connectivity index (χ1) is 2.64. The van der Waals surface area contributed by atoms with E-state index in [0.29, 0.717) is 0 Å². The molecule has 0 bridgehead atoms. The van der Waals surface area contributed by atoms with Gasteiger partial charge in [0.1, 0.15) is 0 Å². The average Bonchev–Trinajstić information content (AvgIpc) is 1.36. The molecule has 0 aromatic heterocycles. The van der Waals surface area contributed by atoms with Crippen LogP contribution in [-0.4, -0.2) is 17.2 Å². The number of carboxylic acids is 1. The van der Waals surface area contributed by atoms with E-state index in [2.05, 4.69) is 0 Å². The maximum absolute atomic E-state index is 9.34. The first-order valence-electron chi connectivity index (χ1n) is 1.53. The van der Waals surface area contributed by atoms with Crippen molar-refractivity contribution >= 4 is 5.97 Å². The first-order valence-corrected chi connectivity index (χ1v) is 1.53. The summed E-state index contributed by atoms with van der Waals surface area (Å²) in [6, 6.07) is 0. The molecule has 0 amide bonds. The monoisotopic (exact) mass is 113 g/mol. The Labute approximate surface area is 63.6 Å². The SMILES string of the molecule is C[13C@H](O)C(=O)[O-].[Na+]. The Kier molecular flexibility index (Phi) is 6.82. The molecule has 3 nitrogen and oxygen atoms in total. The third-order valence-corrected chi connectivity index (χ3v) is 0.341. The Hall–Kier alpha value is 0.430. The van der Waals surface area contributed by atoms with Gasteiger partial charge < -0.3 is 15.0 Å². The topological polar surface area (TPSA) is 60.4 Å². The van der Waals surface area contributed by atoms with Gasteiger partial charge in [0.2, 0.25) is 0 Å². The van der Waals surface area contributed by atoms with Gasteiger partial charge in [-0.3, -0.25) is 0 Å². The summed E-state index contributed by atoms with van der Waals surface area (Å²) in [5.41, 5.74) is 0. The van der Waals surface area contributed by atoms with Gasteiger partial charge in [-0.15, -0.1) is 0 Å². The molecule has 4 heteroatoms. The second kappa shape index (κ2) is 4.59. The van der Waals surface area contributed by atoms with Crippen molar-refractivity contribution in [2.75, 3.05) is 0 Å². The molecule has 36 valence electrons. The van der Waals surface area contributed by atoms with Crippen molar-refractivity contribution < 1.29 is 44.6 Å². The second-order valence-corrected chi connectivity index (χ2v) is 0.995. The zero-order valence-electron chi connectivity index (χ0n) is 4.34. The van der Waals surface area contributed by atoms with Crippen LogP contribution in [0.15, 0.2) is 0 Å². The summed E-state index contributed by atoms with van der Waals surface area (Å²) in [6.07, 6.45) is -1.34. The summed E-state index contributed by atoms with van der Waals surface area (Å²) >= 11 is 0. The number of aliphatic hydroxyl groups excluding tert-OH is 1. The van der Waals surface area contributed by atoms with Gasteiger partial charge in [-0.1, -0.05) is 0 Å². The van der Waals surface area contributed by atoms with Gasteiger partial charge in [-0.25, -0.2) is 0 Å². The van der Waals surface area contributed by atoms with Crippen molar-refractivity contribution in [1.29, 1.82) is 0 Å². The number of hydrogen-bond acceptors (Lipinski definition) is 3. The molecule has 0 aromatic carbocycles. The third-order valence-electron chi connectivity index (χ3n) is 0.341. The van der Waals surface area contributed by atoms with E-state index in [-0.39, 0.29) is 29.6 Å². The van der Waals surface area contributed by atoms with E-state index in [9.17, 15) is 9.90 Å². The van der Waals surface area contributed by atoms with E-state index < -0.39 is 12.1 Å². The van der Waals surface area contributed by atoms with Gasteiger partial charge >= 0.3 is 29.6 Å². The Bertz CT molecular complexity index is 61.2. The molecular weight excluding hydrogens is 108 g/mol. The van der Waals surface area contributed by atoms with Gasteiger partial charge in [0, 0.05) is 0 Å². The minimum absolute atomic E-state index is 0. The molecule has 7 heavy (non-hydrogen) atoms. The average molecular weight is 113 g/mol. The molecule has 0 heterocycles. The second-order valence-electron chi connectivity index (χ2n) is 0.995. The van der Waals surface area contributed by atoms with Gasteiger partial charge in [-0.05, 0) is 6.92 Å². The molecule has 0 saturated heterocycles. The van der Waals surface area contributed by atoms with E-state index in [1.807, 2.05) is 0 Å². The quantitative estimate of drug-likeness (QED) is 0.274. The van der Waals surface area contributed by atoms with Crippen molar-refractivity contribution in [1.82, 2.24) is 0 Å². The van der Waals surface area contributed by atoms with E-state index in [4.69, 9.17) is 5.11 Å². The van der Waals surface area contributed by atoms with Crippen molar-refractivity contribution in [3.05, 3.63) is 0 Å². The summed E-state index contributed by atoms with van der Waals surface area (Å²) in [6.45, 7) is 1.13. The molecule has 1 atom stereocenters. The minimum atomic E-state index is -1.44. The number of carbonyl (C=O) groups excluding carboxylic acids is 1. The van der Waals surface area contributed by atoms with Crippen molar-refractivity contribution in [3.63, 3.8) is 0 Å². The zero-order valence-corrected chi connectivity index (χ0v) is 6.34. The standard InChI is InChI=1S/C3H6O3.Na/c1-2(4)3(5)6;/h2,4H,1H3,(H,5,6);/q;+1/p-1/t2-;/m0./s1/i2+1;. The van der Waals surface area contributed by atoms with Crippen LogP contribution >= 0.6 is 0 Å². The van der Waals surface area contributed by atoms with Gasteiger partial charge in [-0.2, -0.15) is 0 Å². The van der Waals surface area contributed by atoms with E-state index in [1.165, 1.54) is 0 Å². The molecule has 0 fully saturated rings. The van der Waals surface area contributed by atoms with Gasteiger partial charge in [0.25, 0.3) is 0 Å². The van der Waals surface area contributed by atoms with Crippen LogP contribution < -0.4 is 34.7 Å². The number of hydrogen-bond donors (Lipinski definition) is 1. The van der Waals surface area contributed by atoms with Gasteiger partial charge in [0.15, 0.2) is 0 Å². The summed E-state index contributed by atoms with van der Waals surface area (Å²) in [5, 5.41) is 17.3. The van der Waals surface area contributed by atoms with Crippen LogP contribution in [0, 0.1) is 0 Å². The molecule has 0 aliphatic rings. The normalized spacial score (nSPS) is 11.7. The van der Waals surface area contributed by atoms with Crippen molar-refractivity contribution in [3.8, 4) is 0 Å². The maximum Gasteiger partial charge on any atom is 1.00 e. The summed E-state index contributed by atoms with van der Waals surface area (Å²) in [4.78, 5) is 9.34. The zero-order chi connectivity index (χ0) is 5.15. The molecule has 0 rings (SSSR count). The number of carbonyl (C=O) groups is 1. The molecule has 0 aromatic rings. The van der Waals surface area contributed by atoms with Crippen LogP contribution in [-0.2, 0) is 4.79 Å². The smallest absolute Gasteiger partial charge is 0.547 e. The summed E-state index contributed by atoms with van der Waals surface area (Å²) in [7, 11) is 0. The van der Waals surface area contributed by atoms with Crippen molar-refractivity contribution in [2.45, 2.75) is 13.0 Å². The molecule has 0 aliphatic heterocycles. The van der Waals surface area contributed by atoms with Crippen molar-refractivity contribution in [2.24, 2.45) is 0 Å². The molecule has 1 N–H and O–H groups in total. The number of rotatable bonds is 1. The predicted molar refractivity (Wildman–Crippen MR) is 16.7 cm³/mol. The van der Waals surface area contributed by atoms with Crippen LogP contribution in [0.3, 0.4) is 0 Å². The third kappa shape index (κ3) is 6.43. The number of aliphatic hydroxyl groups is 1.